The molecule has 3 N–H and O–H groups in total. The largest absolute Gasteiger partial charge is 0.352 e. The lowest BCUT2D eigenvalue weighted by Crippen LogP contribution is -2.29. The van der Waals surface area contributed by atoms with Crippen LogP contribution in [0.15, 0.2) is 11.6 Å². The van der Waals surface area contributed by atoms with E-state index in [0.717, 1.165) is 19.3 Å². The van der Waals surface area contributed by atoms with Gasteiger partial charge in [0.1, 0.15) is 0 Å². The summed E-state index contributed by atoms with van der Waals surface area (Å²) in [4.78, 5) is 11.6. The summed E-state index contributed by atoms with van der Waals surface area (Å²) in [6.07, 6.45) is 4.95. The fraction of sp³-hybridized carbons (Fsp3) is 0.769. The molecule has 3 nitrogen and oxygen atoms in total. The quantitative estimate of drug-likeness (QED) is 0.654. The van der Waals surface area contributed by atoms with Crippen LogP contribution in [0.2, 0.25) is 0 Å². The lowest BCUT2D eigenvalue weighted by Gasteiger charge is -2.12. The standard InChI is InChI=1S/C13H26N2O/c1-10(2)8-9-15-13(16)11(3)6-5-7-12(4)14/h8,11-12H,5-7,9,14H2,1-4H3,(H,15,16). The third kappa shape index (κ3) is 8.48. The summed E-state index contributed by atoms with van der Waals surface area (Å²) in [6.45, 7) is 8.66. The second-order valence-electron chi connectivity index (χ2n) is 4.84. The first kappa shape index (κ1) is 15.2. The Bertz CT molecular complexity index is 230. The molecule has 0 spiro atoms. The van der Waals surface area contributed by atoms with Gasteiger partial charge >= 0.3 is 0 Å². The SMILES string of the molecule is CC(C)=CCNC(=O)C(C)CCCC(C)N. The molecule has 2 atom stereocenters. The maximum Gasteiger partial charge on any atom is 0.223 e. The van der Waals surface area contributed by atoms with Crippen LogP contribution >= 0.6 is 0 Å². The van der Waals surface area contributed by atoms with E-state index in [-0.39, 0.29) is 17.9 Å². The van der Waals surface area contributed by atoms with Gasteiger partial charge in [-0.15, -0.1) is 0 Å². The summed E-state index contributed by atoms with van der Waals surface area (Å²) in [5.74, 6) is 0.228. The first-order valence-electron chi connectivity index (χ1n) is 6.10. The molecule has 0 aliphatic rings. The second-order valence-corrected chi connectivity index (χ2v) is 4.84. The molecule has 0 radical (unpaired) electrons. The first-order chi connectivity index (χ1) is 7.43. The number of carbonyl (C=O) groups is 1. The monoisotopic (exact) mass is 226 g/mol. The Morgan fingerprint density at radius 2 is 1.94 bits per heavy atom. The fourth-order valence-electron chi connectivity index (χ4n) is 1.41. The van der Waals surface area contributed by atoms with Crippen LogP contribution in [0.3, 0.4) is 0 Å². The predicted octanol–water partition coefficient (Wildman–Crippen LogP) is 2.22. The van der Waals surface area contributed by atoms with Gasteiger partial charge in [-0.05, 0) is 33.6 Å². The number of allylic oxidation sites excluding steroid dienone is 1. The summed E-state index contributed by atoms with van der Waals surface area (Å²) < 4.78 is 0. The van der Waals surface area contributed by atoms with Crippen LogP contribution in [-0.4, -0.2) is 18.5 Å². The highest BCUT2D eigenvalue weighted by atomic mass is 16.1. The normalized spacial score (nSPS) is 14.1. The Labute approximate surface area is 99.5 Å². The smallest absolute Gasteiger partial charge is 0.223 e. The number of nitrogens with two attached hydrogens (primary N) is 1. The number of amides is 1. The number of carbonyl (C=O) groups excluding carboxylic acids is 1. The van der Waals surface area contributed by atoms with Crippen LogP contribution in [0.5, 0.6) is 0 Å². The van der Waals surface area contributed by atoms with Gasteiger partial charge in [0.15, 0.2) is 0 Å². The molecule has 3 heteroatoms. The summed E-state index contributed by atoms with van der Waals surface area (Å²) in [6, 6.07) is 0.237. The molecule has 0 rings (SSSR count). The van der Waals surface area contributed by atoms with E-state index in [1.54, 1.807) is 0 Å². The van der Waals surface area contributed by atoms with E-state index in [2.05, 4.69) is 5.32 Å². The molecular formula is C13H26N2O. The molecule has 0 aliphatic carbocycles. The molecule has 0 aromatic carbocycles. The van der Waals surface area contributed by atoms with E-state index in [1.165, 1.54) is 5.57 Å². The van der Waals surface area contributed by atoms with Crippen LogP contribution in [0.25, 0.3) is 0 Å². The van der Waals surface area contributed by atoms with Crippen molar-refractivity contribution in [3.05, 3.63) is 11.6 Å². The van der Waals surface area contributed by atoms with Crippen LogP contribution in [0.1, 0.15) is 47.0 Å². The topological polar surface area (TPSA) is 55.1 Å². The van der Waals surface area contributed by atoms with Crippen molar-refractivity contribution < 1.29 is 4.79 Å². The van der Waals surface area contributed by atoms with Gasteiger partial charge in [-0.25, -0.2) is 0 Å². The van der Waals surface area contributed by atoms with Crippen molar-refractivity contribution in [3.8, 4) is 0 Å². The zero-order valence-corrected chi connectivity index (χ0v) is 11.0. The average molecular weight is 226 g/mol. The van der Waals surface area contributed by atoms with Crippen LogP contribution in [0, 0.1) is 5.92 Å². The van der Waals surface area contributed by atoms with E-state index in [1.807, 2.05) is 33.8 Å². The van der Waals surface area contributed by atoms with E-state index < -0.39 is 0 Å². The van der Waals surface area contributed by atoms with Crippen molar-refractivity contribution in [1.29, 1.82) is 0 Å². The van der Waals surface area contributed by atoms with Gasteiger partial charge in [0.25, 0.3) is 0 Å². The number of nitrogens with one attached hydrogen (secondary N) is 1. The minimum absolute atomic E-state index is 0.0873. The number of hydrogen-bond acceptors (Lipinski definition) is 2. The summed E-state index contributed by atoms with van der Waals surface area (Å²) in [5, 5.41) is 2.91. The van der Waals surface area contributed by atoms with Crippen molar-refractivity contribution in [1.82, 2.24) is 5.32 Å². The maximum absolute atomic E-state index is 11.6. The van der Waals surface area contributed by atoms with Crippen LogP contribution in [0.4, 0.5) is 0 Å². The molecule has 94 valence electrons. The zero-order chi connectivity index (χ0) is 12.6. The highest BCUT2D eigenvalue weighted by molar-refractivity contribution is 5.78. The summed E-state index contributed by atoms with van der Waals surface area (Å²) >= 11 is 0. The average Bonchev–Trinajstić information content (AvgIpc) is 2.16. The van der Waals surface area contributed by atoms with Gasteiger partial charge in [0.05, 0.1) is 0 Å². The van der Waals surface area contributed by atoms with Gasteiger partial charge in [-0.2, -0.15) is 0 Å². The highest BCUT2D eigenvalue weighted by Crippen LogP contribution is 2.08. The molecule has 0 bridgehead atoms. The van der Waals surface area contributed by atoms with E-state index in [4.69, 9.17) is 5.73 Å². The predicted molar refractivity (Wildman–Crippen MR) is 69.1 cm³/mol. The van der Waals surface area contributed by atoms with Gasteiger partial charge in [0.2, 0.25) is 5.91 Å². The first-order valence-corrected chi connectivity index (χ1v) is 6.10. The summed E-state index contributed by atoms with van der Waals surface area (Å²) in [7, 11) is 0. The Balaban J connectivity index is 3.69. The highest BCUT2D eigenvalue weighted by Gasteiger charge is 2.11. The van der Waals surface area contributed by atoms with Crippen molar-refractivity contribution in [2.24, 2.45) is 11.7 Å². The van der Waals surface area contributed by atoms with Crippen molar-refractivity contribution in [2.75, 3.05) is 6.54 Å². The molecule has 0 aliphatic heterocycles. The molecule has 0 saturated heterocycles. The molecule has 0 aromatic rings. The fourth-order valence-corrected chi connectivity index (χ4v) is 1.41. The zero-order valence-electron chi connectivity index (χ0n) is 11.0. The summed E-state index contributed by atoms with van der Waals surface area (Å²) in [5.41, 5.74) is 6.89. The van der Waals surface area contributed by atoms with E-state index >= 15 is 0 Å². The van der Waals surface area contributed by atoms with Gasteiger partial charge in [-0.1, -0.05) is 25.0 Å². The van der Waals surface area contributed by atoms with Crippen molar-refractivity contribution in [3.63, 3.8) is 0 Å². The third-order valence-electron chi connectivity index (χ3n) is 2.53. The van der Waals surface area contributed by atoms with Crippen LogP contribution in [-0.2, 0) is 4.79 Å². The van der Waals surface area contributed by atoms with Gasteiger partial charge in [-0.3, -0.25) is 4.79 Å². The molecule has 16 heavy (non-hydrogen) atoms. The van der Waals surface area contributed by atoms with Crippen molar-refractivity contribution >= 4 is 5.91 Å². The Morgan fingerprint density at radius 1 is 1.31 bits per heavy atom. The molecule has 0 saturated carbocycles. The Hall–Kier alpha value is -0.830. The molecule has 0 fully saturated rings. The Morgan fingerprint density at radius 3 is 2.44 bits per heavy atom. The minimum atomic E-state index is 0.0873. The van der Waals surface area contributed by atoms with Crippen molar-refractivity contribution in [2.45, 2.75) is 53.0 Å². The number of rotatable bonds is 7. The maximum atomic E-state index is 11.6. The molecule has 0 heterocycles. The van der Waals surface area contributed by atoms with E-state index in [9.17, 15) is 4.79 Å². The van der Waals surface area contributed by atoms with Gasteiger partial charge < -0.3 is 11.1 Å². The van der Waals surface area contributed by atoms with Gasteiger partial charge in [0, 0.05) is 18.5 Å². The van der Waals surface area contributed by atoms with Crippen LogP contribution < -0.4 is 11.1 Å². The van der Waals surface area contributed by atoms with E-state index in [0.29, 0.717) is 6.54 Å². The lowest BCUT2D eigenvalue weighted by molar-refractivity contribution is -0.124. The Kier molecular flexibility index (Phi) is 7.90. The lowest BCUT2D eigenvalue weighted by atomic mass is 10.0. The third-order valence-corrected chi connectivity index (χ3v) is 2.53. The molecule has 0 aromatic heterocycles. The molecule has 2 unspecified atom stereocenters. The molecule has 1 amide bonds. The second kappa shape index (κ2) is 8.34. The minimum Gasteiger partial charge on any atom is -0.352 e. The molecular weight excluding hydrogens is 200 g/mol. The number of hydrogen-bond donors (Lipinski definition) is 2.